The van der Waals surface area contributed by atoms with Gasteiger partial charge in [0.05, 0.1) is 7.11 Å². The minimum Gasteiger partial charge on any atom is -0.467 e. The maximum Gasteiger partial charge on any atom is 0.337 e. The van der Waals surface area contributed by atoms with Crippen LogP contribution in [0, 0.1) is 0 Å². The number of hydrogen-bond acceptors (Lipinski definition) is 5. The van der Waals surface area contributed by atoms with Crippen molar-refractivity contribution in [2.75, 3.05) is 7.11 Å². The molecule has 2 N–H and O–H groups in total. The molecule has 2 atom stereocenters. The Kier molecular flexibility index (Phi) is 3.97. The molecule has 5 nitrogen and oxygen atoms in total. The lowest BCUT2D eigenvalue weighted by Gasteiger charge is -2.20. The lowest BCUT2D eigenvalue weighted by atomic mass is 9.88. The smallest absolute Gasteiger partial charge is 0.337 e. The molecule has 0 amide bonds. The van der Waals surface area contributed by atoms with Crippen molar-refractivity contribution in [1.82, 2.24) is 0 Å². The Morgan fingerprint density at radius 1 is 1.32 bits per heavy atom. The number of ether oxygens (including phenoxy) is 1. The van der Waals surface area contributed by atoms with Crippen LogP contribution in [0.3, 0.4) is 0 Å². The van der Waals surface area contributed by atoms with Crippen molar-refractivity contribution in [3.05, 3.63) is 34.9 Å². The lowest BCUT2D eigenvalue weighted by molar-refractivity contribution is -0.156. The van der Waals surface area contributed by atoms with Crippen molar-refractivity contribution >= 4 is 11.8 Å². The number of carbonyl (C=O) groups excluding carboxylic acids is 2. The topological polar surface area (TPSA) is 83.8 Å². The second-order valence-electron chi connectivity index (χ2n) is 4.61. The number of aliphatic hydroxyl groups is 2. The molecule has 102 valence electrons. The predicted octanol–water partition coefficient (Wildman–Crippen LogP) is 0.773. The van der Waals surface area contributed by atoms with Crippen LogP contribution in [0.5, 0.6) is 0 Å². The van der Waals surface area contributed by atoms with Gasteiger partial charge in [0.1, 0.15) is 6.10 Å². The molecule has 1 aliphatic carbocycles. The van der Waals surface area contributed by atoms with Crippen LogP contribution in [0.25, 0.3) is 0 Å². The molecule has 0 radical (unpaired) electrons. The summed E-state index contributed by atoms with van der Waals surface area (Å²) < 4.78 is 4.37. The van der Waals surface area contributed by atoms with Gasteiger partial charge in [0.25, 0.3) is 0 Å². The van der Waals surface area contributed by atoms with Crippen LogP contribution in [-0.4, -0.2) is 35.2 Å². The van der Waals surface area contributed by atoms with Crippen LogP contribution < -0.4 is 0 Å². The van der Waals surface area contributed by atoms with E-state index < -0.39 is 18.2 Å². The van der Waals surface area contributed by atoms with E-state index in [4.69, 9.17) is 0 Å². The van der Waals surface area contributed by atoms with Gasteiger partial charge in [-0.25, -0.2) is 4.79 Å². The van der Waals surface area contributed by atoms with E-state index in [1.54, 1.807) is 18.2 Å². The zero-order chi connectivity index (χ0) is 14.0. The zero-order valence-electron chi connectivity index (χ0n) is 10.6. The van der Waals surface area contributed by atoms with Crippen LogP contribution >= 0.6 is 0 Å². The van der Waals surface area contributed by atoms with Gasteiger partial charge in [-0.05, 0) is 30.0 Å². The van der Waals surface area contributed by atoms with Gasteiger partial charge in [-0.15, -0.1) is 0 Å². The van der Waals surface area contributed by atoms with E-state index in [1.807, 2.05) is 0 Å². The van der Waals surface area contributed by atoms with E-state index in [0.717, 1.165) is 25.5 Å². The number of ketones is 1. The predicted molar refractivity (Wildman–Crippen MR) is 66.7 cm³/mol. The van der Waals surface area contributed by atoms with E-state index in [1.165, 1.54) is 0 Å². The third kappa shape index (κ3) is 2.67. The number of methoxy groups -OCH3 is 1. The van der Waals surface area contributed by atoms with Crippen LogP contribution in [0.4, 0.5) is 0 Å². The Balaban J connectivity index is 2.29. The molecule has 2 unspecified atom stereocenters. The molecule has 1 aliphatic rings. The van der Waals surface area contributed by atoms with E-state index >= 15 is 0 Å². The molecule has 0 aromatic heterocycles. The average molecular weight is 264 g/mol. The lowest BCUT2D eigenvalue weighted by Crippen LogP contribution is -2.29. The first-order chi connectivity index (χ1) is 9.04. The summed E-state index contributed by atoms with van der Waals surface area (Å²) in [6.45, 7) is 0. The second-order valence-corrected chi connectivity index (χ2v) is 4.61. The Hall–Kier alpha value is -1.72. The summed E-state index contributed by atoms with van der Waals surface area (Å²) >= 11 is 0. The number of carbonyl (C=O) groups is 2. The molecule has 0 fully saturated rings. The first kappa shape index (κ1) is 13.7. The number of Topliss-reactive ketones (excluding diaryl/α,β-unsaturated/α-hetero) is 1. The average Bonchev–Trinajstić information content (AvgIpc) is 2.45. The highest BCUT2D eigenvalue weighted by Crippen LogP contribution is 2.26. The third-order valence-corrected chi connectivity index (χ3v) is 3.37. The number of esters is 1. The summed E-state index contributed by atoms with van der Waals surface area (Å²) in [7, 11) is 1.13. The van der Waals surface area contributed by atoms with Gasteiger partial charge in [-0.2, -0.15) is 0 Å². The molecular weight excluding hydrogens is 248 g/mol. The highest BCUT2D eigenvalue weighted by atomic mass is 16.5. The van der Waals surface area contributed by atoms with Crippen molar-refractivity contribution in [3.63, 3.8) is 0 Å². The molecule has 0 aliphatic heterocycles. The first-order valence-electron chi connectivity index (χ1n) is 6.14. The van der Waals surface area contributed by atoms with Gasteiger partial charge in [0.2, 0.25) is 0 Å². The van der Waals surface area contributed by atoms with E-state index in [2.05, 4.69) is 4.74 Å². The van der Waals surface area contributed by atoms with Gasteiger partial charge in [-0.1, -0.05) is 12.1 Å². The Morgan fingerprint density at radius 2 is 2.05 bits per heavy atom. The quantitative estimate of drug-likeness (QED) is 0.788. The number of hydrogen-bond donors (Lipinski definition) is 2. The standard InChI is InChI=1S/C14H16O5/c1-19-14(18)13(17)12(16)9-6-5-8-3-2-4-11(15)10(8)7-9/h5-7,12-13,16-17H,2-4H2,1H3. The van der Waals surface area contributed by atoms with Gasteiger partial charge >= 0.3 is 5.97 Å². The second kappa shape index (κ2) is 5.50. The normalized spacial score (nSPS) is 17.5. The van der Waals surface area contributed by atoms with Gasteiger partial charge in [-0.3, -0.25) is 4.79 Å². The number of aryl methyl sites for hydroxylation is 1. The molecule has 2 rings (SSSR count). The highest BCUT2D eigenvalue weighted by molar-refractivity contribution is 5.98. The number of rotatable bonds is 3. The number of benzene rings is 1. The summed E-state index contributed by atoms with van der Waals surface area (Å²) in [4.78, 5) is 23.0. The van der Waals surface area contributed by atoms with Gasteiger partial charge in [0.15, 0.2) is 11.9 Å². The van der Waals surface area contributed by atoms with Crippen molar-refractivity contribution < 1.29 is 24.5 Å². The fourth-order valence-corrected chi connectivity index (χ4v) is 2.26. The molecule has 5 heteroatoms. The molecule has 1 aromatic rings. The molecule has 0 heterocycles. The summed E-state index contributed by atoms with van der Waals surface area (Å²) in [5.41, 5.74) is 1.85. The third-order valence-electron chi connectivity index (χ3n) is 3.37. The van der Waals surface area contributed by atoms with E-state index in [-0.39, 0.29) is 5.78 Å². The minimum atomic E-state index is -1.65. The molecule has 0 saturated carbocycles. The molecule has 19 heavy (non-hydrogen) atoms. The monoisotopic (exact) mass is 264 g/mol. The fraction of sp³-hybridized carbons (Fsp3) is 0.429. The van der Waals surface area contributed by atoms with Crippen molar-refractivity contribution in [1.29, 1.82) is 0 Å². The molecule has 1 aromatic carbocycles. The van der Waals surface area contributed by atoms with E-state index in [0.29, 0.717) is 17.5 Å². The Morgan fingerprint density at radius 3 is 2.74 bits per heavy atom. The molecular formula is C14H16O5. The molecule has 0 saturated heterocycles. The molecule has 0 spiro atoms. The SMILES string of the molecule is COC(=O)C(O)C(O)c1ccc2c(c1)C(=O)CCC2. The zero-order valence-corrected chi connectivity index (χ0v) is 10.6. The Labute approximate surface area is 110 Å². The number of aliphatic hydroxyl groups excluding tert-OH is 2. The van der Waals surface area contributed by atoms with Crippen molar-refractivity contribution in [2.45, 2.75) is 31.5 Å². The Bertz CT molecular complexity index is 509. The van der Waals surface area contributed by atoms with Crippen LogP contribution in [0.1, 0.15) is 40.4 Å². The first-order valence-corrected chi connectivity index (χ1v) is 6.14. The van der Waals surface area contributed by atoms with Crippen LogP contribution in [0.15, 0.2) is 18.2 Å². The van der Waals surface area contributed by atoms with Crippen LogP contribution in [-0.2, 0) is 16.0 Å². The van der Waals surface area contributed by atoms with E-state index in [9.17, 15) is 19.8 Å². The van der Waals surface area contributed by atoms with Crippen LogP contribution in [0.2, 0.25) is 0 Å². The van der Waals surface area contributed by atoms with Crippen molar-refractivity contribution in [2.24, 2.45) is 0 Å². The maximum absolute atomic E-state index is 11.8. The van der Waals surface area contributed by atoms with Gasteiger partial charge < -0.3 is 14.9 Å². The van der Waals surface area contributed by atoms with Crippen molar-refractivity contribution in [3.8, 4) is 0 Å². The van der Waals surface area contributed by atoms with Gasteiger partial charge in [0, 0.05) is 12.0 Å². The fourth-order valence-electron chi connectivity index (χ4n) is 2.26. The highest BCUT2D eigenvalue weighted by Gasteiger charge is 2.28. The minimum absolute atomic E-state index is 0.0304. The summed E-state index contributed by atoms with van der Waals surface area (Å²) in [5.74, 6) is -0.876. The number of fused-ring (bicyclic) bond motifs is 1. The summed E-state index contributed by atoms with van der Waals surface area (Å²) in [6.07, 6.45) is -0.893. The summed E-state index contributed by atoms with van der Waals surface area (Å²) in [5, 5.41) is 19.5. The molecule has 0 bridgehead atoms. The largest absolute Gasteiger partial charge is 0.467 e. The maximum atomic E-state index is 11.8. The summed E-state index contributed by atoms with van der Waals surface area (Å²) in [6, 6.07) is 4.93.